The lowest BCUT2D eigenvalue weighted by atomic mass is 10.2. The monoisotopic (exact) mass is 228 g/mol. The molecule has 0 saturated carbocycles. The zero-order valence-corrected chi connectivity index (χ0v) is 7.95. The Morgan fingerprint density at radius 1 is 1.19 bits per heavy atom. The maximum absolute atomic E-state index is 13.0. The van der Waals surface area contributed by atoms with E-state index in [1.807, 2.05) is 4.98 Å². The minimum Gasteiger partial charge on any atom is -0.307 e. The molecule has 0 radical (unpaired) electrons. The van der Waals surface area contributed by atoms with E-state index in [0.29, 0.717) is 0 Å². The van der Waals surface area contributed by atoms with Crippen molar-refractivity contribution < 1.29 is 13.2 Å². The van der Waals surface area contributed by atoms with E-state index in [9.17, 15) is 18.0 Å². The van der Waals surface area contributed by atoms with Crippen LogP contribution < -0.4 is 5.56 Å². The first-order valence-corrected chi connectivity index (χ1v) is 4.51. The van der Waals surface area contributed by atoms with Crippen LogP contribution in [0.15, 0.2) is 29.1 Å². The lowest BCUT2D eigenvalue weighted by Crippen LogP contribution is -2.16. The van der Waals surface area contributed by atoms with Gasteiger partial charge in [-0.05, 0) is 12.1 Å². The first kappa shape index (κ1) is 10.7. The summed E-state index contributed by atoms with van der Waals surface area (Å²) in [5.41, 5.74) is -0.423. The Morgan fingerprint density at radius 3 is 2.56 bits per heavy atom. The molecule has 3 nitrogen and oxygen atoms in total. The number of aromatic amines is 1. The van der Waals surface area contributed by atoms with Crippen molar-refractivity contribution in [2.75, 3.05) is 0 Å². The number of alkyl halides is 3. The molecular formula is C10H7F3N2O. The summed E-state index contributed by atoms with van der Waals surface area (Å²) in [6, 6.07) is 6.15. The van der Waals surface area contributed by atoms with Crippen LogP contribution in [0, 0.1) is 0 Å². The molecule has 1 atom stereocenters. The van der Waals surface area contributed by atoms with Gasteiger partial charge in [-0.2, -0.15) is 0 Å². The van der Waals surface area contributed by atoms with E-state index >= 15 is 0 Å². The molecule has 1 aromatic heterocycles. The first-order valence-electron chi connectivity index (χ1n) is 4.51. The number of hydrogen-bond acceptors (Lipinski definition) is 2. The highest BCUT2D eigenvalue weighted by molar-refractivity contribution is 5.77. The van der Waals surface area contributed by atoms with Gasteiger partial charge in [-0.1, -0.05) is 12.1 Å². The molecule has 84 valence electrons. The van der Waals surface area contributed by atoms with Gasteiger partial charge in [0.05, 0.1) is 10.9 Å². The fourth-order valence-corrected chi connectivity index (χ4v) is 1.35. The Kier molecular flexibility index (Phi) is 2.64. The number of nitrogens with one attached hydrogen (secondary N) is 1. The van der Waals surface area contributed by atoms with Gasteiger partial charge in [-0.25, -0.2) is 18.2 Å². The fraction of sp³-hybridized carbons (Fsp3) is 0.200. The third-order valence-corrected chi connectivity index (χ3v) is 2.11. The van der Waals surface area contributed by atoms with E-state index in [-0.39, 0.29) is 10.9 Å². The van der Waals surface area contributed by atoms with Crippen molar-refractivity contribution in [1.82, 2.24) is 9.97 Å². The maximum Gasteiger partial charge on any atom is 0.276 e. The molecular weight excluding hydrogens is 221 g/mol. The van der Waals surface area contributed by atoms with Gasteiger partial charge in [-0.3, -0.25) is 4.79 Å². The summed E-state index contributed by atoms with van der Waals surface area (Å²) < 4.78 is 37.2. The van der Waals surface area contributed by atoms with Crippen LogP contribution >= 0.6 is 0 Å². The van der Waals surface area contributed by atoms with Crippen LogP contribution in [0.25, 0.3) is 10.9 Å². The summed E-state index contributed by atoms with van der Waals surface area (Å²) in [6.07, 6.45) is -5.78. The van der Waals surface area contributed by atoms with Gasteiger partial charge in [0.1, 0.15) is 5.82 Å². The average Bonchev–Trinajstić information content (AvgIpc) is 2.28. The highest BCUT2D eigenvalue weighted by Crippen LogP contribution is 2.21. The number of para-hydroxylation sites is 1. The Hall–Kier alpha value is -1.85. The molecule has 2 aromatic rings. The number of fused-ring (bicyclic) bond motifs is 1. The second kappa shape index (κ2) is 3.96. The molecule has 0 amide bonds. The third-order valence-electron chi connectivity index (χ3n) is 2.11. The fourth-order valence-electron chi connectivity index (χ4n) is 1.35. The van der Waals surface area contributed by atoms with Gasteiger partial charge in [0.15, 0.2) is 0 Å². The molecule has 0 fully saturated rings. The number of benzene rings is 1. The molecule has 0 aliphatic rings. The van der Waals surface area contributed by atoms with E-state index in [1.54, 1.807) is 12.1 Å². The molecule has 0 aliphatic carbocycles. The lowest BCUT2D eigenvalue weighted by molar-refractivity contribution is 0.0449. The maximum atomic E-state index is 13.0. The van der Waals surface area contributed by atoms with Gasteiger partial charge in [0.25, 0.3) is 12.0 Å². The van der Waals surface area contributed by atoms with E-state index < -0.39 is 24.0 Å². The third kappa shape index (κ3) is 1.78. The molecule has 2 rings (SSSR count). The van der Waals surface area contributed by atoms with Gasteiger partial charge in [-0.15, -0.1) is 0 Å². The zero-order valence-electron chi connectivity index (χ0n) is 7.95. The van der Waals surface area contributed by atoms with E-state index in [0.717, 1.165) is 0 Å². The van der Waals surface area contributed by atoms with Gasteiger partial charge in [0.2, 0.25) is 6.17 Å². The van der Waals surface area contributed by atoms with Gasteiger partial charge in [0, 0.05) is 0 Å². The Bertz CT molecular complexity index is 567. The Labute approximate surface area is 87.9 Å². The SMILES string of the molecule is O=c1[nH]c(C(F)C(F)F)nc2ccccc12. The van der Waals surface area contributed by atoms with Crippen molar-refractivity contribution in [2.45, 2.75) is 12.6 Å². The van der Waals surface area contributed by atoms with Crippen LogP contribution in [-0.2, 0) is 0 Å². The second-order valence-corrected chi connectivity index (χ2v) is 3.20. The Balaban J connectivity index is 2.63. The van der Waals surface area contributed by atoms with Crippen LogP contribution in [0.5, 0.6) is 0 Å². The molecule has 1 aromatic carbocycles. The predicted octanol–water partition coefficient (Wildman–Crippen LogP) is 2.20. The number of nitrogens with zero attached hydrogens (tertiary/aromatic N) is 1. The summed E-state index contributed by atoms with van der Waals surface area (Å²) >= 11 is 0. The minimum atomic E-state index is -3.20. The highest BCUT2D eigenvalue weighted by Gasteiger charge is 2.24. The average molecular weight is 228 g/mol. The van der Waals surface area contributed by atoms with Gasteiger partial charge >= 0.3 is 0 Å². The molecule has 1 unspecified atom stereocenters. The van der Waals surface area contributed by atoms with Crippen molar-refractivity contribution in [3.8, 4) is 0 Å². The molecule has 0 aliphatic heterocycles. The predicted molar refractivity (Wildman–Crippen MR) is 52.2 cm³/mol. The quantitative estimate of drug-likeness (QED) is 0.856. The minimum absolute atomic E-state index is 0.199. The highest BCUT2D eigenvalue weighted by atomic mass is 19.3. The second-order valence-electron chi connectivity index (χ2n) is 3.20. The summed E-state index contributed by atoms with van der Waals surface area (Å²) in [6.45, 7) is 0. The molecule has 0 bridgehead atoms. The number of rotatable bonds is 2. The zero-order chi connectivity index (χ0) is 11.7. The van der Waals surface area contributed by atoms with Crippen molar-refractivity contribution in [3.63, 3.8) is 0 Å². The number of halogens is 3. The van der Waals surface area contributed by atoms with E-state index in [4.69, 9.17) is 0 Å². The molecule has 0 spiro atoms. The van der Waals surface area contributed by atoms with E-state index in [2.05, 4.69) is 4.98 Å². The van der Waals surface area contributed by atoms with Crippen LogP contribution in [0.4, 0.5) is 13.2 Å². The van der Waals surface area contributed by atoms with Crippen LogP contribution in [0.2, 0.25) is 0 Å². The lowest BCUT2D eigenvalue weighted by Gasteiger charge is -2.06. The summed E-state index contributed by atoms with van der Waals surface area (Å²) in [4.78, 5) is 17.1. The smallest absolute Gasteiger partial charge is 0.276 e. The van der Waals surface area contributed by atoms with Crippen LogP contribution in [0.1, 0.15) is 12.0 Å². The van der Waals surface area contributed by atoms with Crippen molar-refractivity contribution in [2.24, 2.45) is 0 Å². The largest absolute Gasteiger partial charge is 0.307 e. The molecule has 6 heteroatoms. The van der Waals surface area contributed by atoms with Crippen LogP contribution in [-0.4, -0.2) is 16.4 Å². The normalized spacial score (nSPS) is 13.2. The van der Waals surface area contributed by atoms with Crippen molar-refractivity contribution >= 4 is 10.9 Å². The number of hydrogen-bond donors (Lipinski definition) is 1. The van der Waals surface area contributed by atoms with Crippen molar-refractivity contribution in [3.05, 3.63) is 40.4 Å². The summed E-state index contributed by atoms with van der Waals surface area (Å²) in [5, 5.41) is 0.243. The number of aromatic nitrogens is 2. The summed E-state index contributed by atoms with van der Waals surface area (Å²) in [7, 11) is 0. The van der Waals surface area contributed by atoms with E-state index in [1.165, 1.54) is 12.1 Å². The van der Waals surface area contributed by atoms with Crippen LogP contribution in [0.3, 0.4) is 0 Å². The molecule has 16 heavy (non-hydrogen) atoms. The van der Waals surface area contributed by atoms with Crippen molar-refractivity contribution in [1.29, 1.82) is 0 Å². The first-order chi connectivity index (χ1) is 7.59. The molecule has 1 N–H and O–H groups in total. The van der Waals surface area contributed by atoms with Gasteiger partial charge < -0.3 is 4.98 Å². The standard InChI is InChI=1S/C10H7F3N2O/c11-7(8(12)13)9-14-6-4-2-1-3-5(6)10(16)15-9/h1-4,7-8H,(H,14,15,16). The number of H-pyrrole nitrogens is 1. The molecule has 0 saturated heterocycles. The molecule has 1 heterocycles. The Morgan fingerprint density at radius 2 is 1.88 bits per heavy atom. The summed E-state index contributed by atoms with van der Waals surface area (Å²) in [5.74, 6) is -0.640. The topological polar surface area (TPSA) is 45.8 Å².